The number of nitrogens with zero attached hydrogens (tertiary/aromatic N) is 5. The van der Waals surface area contributed by atoms with Gasteiger partial charge in [-0.3, -0.25) is 0 Å². The molecule has 7 nitrogen and oxygen atoms in total. The fourth-order valence-electron chi connectivity index (χ4n) is 4.56. The van der Waals surface area contributed by atoms with Crippen molar-refractivity contribution in [3.8, 4) is 0 Å². The maximum atomic E-state index is 12.4. The summed E-state index contributed by atoms with van der Waals surface area (Å²) in [5, 5.41) is 9.86. The van der Waals surface area contributed by atoms with E-state index in [-0.39, 0.29) is 23.9 Å². The van der Waals surface area contributed by atoms with Crippen molar-refractivity contribution in [2.24, 2.45) is 31.8 Å². The summed E-state index contributed by atoms with van der Waals surface area (Å²) in [5.74, 6) is 0.870. The molecule has 0 amide bonds. The number of benzene rings is 2. The van der Waals surface area contributed by atoms with Crippen LogP contribution in [-0.4, -0.2) is 42.2 Å². The average Bonchev–Trinajstić information content (AvgIpc) is 3.15. The van der Waals surface area contributed by atoms with Gasteiger partial charge in [0.25, 0.3) is 0 Å². The van der Waals surface area contributed by atoms with Crippen LogP contribution in [0.2, 0.25) is 0 Å². The lowest BCUT2D eigenvalue weighted by Crippen LogP contribution is -2.29. The number of ether oxygens (including phenoxy) is 1. The van der Waals surface area contributed by atoms with E-state index in [0.29, 0.717) is 11.3 Å². The molecule has 0 saturated carbocycles. The Kier molecular flexibility index (Phi) is 10.0. The van der Waals surface area contributed by atoms with Crippen molar-refractivity contribution < 1.29 is 17.9 Å². The zero-order chi connectivity index (χ0) is 29.4. The number of amidine groups is 2. The van der Waals surface area contributed by atoms with Gasteiger partial charge in [-0.1, -0.05) is 61.2 Å². The predicted octanol–water partition coefficient (Wildman–Crippen LogP) is 7.10. The molecule has 1 aliphatic heterocycles. The fraction of sp³-hybridized carbons (Fsp3) is 0.333. The number of aliphatic imine (C=N–C) groups is 2. The van der Waals surface area contributed by atoms with E-state index in [9.17, 15) is 13.2 Å². The highest BCUT2D eigenvalue weighted by Crippen LogP contribution is 2.31. The summed E-state index contributed by atoms with van der Waals surface area (Å²) >= 11 is 1.72. The minimum absolute atomic E-state index is 0.0959. The number of anilines is 1. The minimum Gasteiger partial charge on any atom is -0.410 e. The normalized spacial score (nSPS) is 20.0. The lowest BCUT2D eigenvalue weighted by molar-refractivity contribution is -0.306. The van der Waals surface area contributed by atoms with Gasteiger partial charge in [-0.05, 0) is 55.5 Å². The first-order chi connectivity index (χ1) is 19.6. The van der Waals surface area contributed by atoms with Crippen LogP contribution in [0.4, 0.5) is 18.9 Å². The third-order valence-electron chi connectivity index (χ3n) is 6.61. The summed E-state index contributed by atoms with van der Waals surface area (Å²) in [7, 11) is 0. The van der Waals surface area contributed by atoms with Gasteiger partial charge >= 0.3 is 6.36 Å². The summed E-state index contributed by atoms with van der Waals surface area (Å²) in [4.78, 5) is 10.7. The van der Waals surface area contributed by atoms with E-state index in [0.717, 1.165) is 35.9 Å². The highest BCUT2D eigenvalue weighted by atomic mass is 32.2. The van der Waals surface area contributed by atoms with E-state index in [1.165, 1.54) is 35.3 Å². The van der Waals surface area contributed by atoms with E-state index < -0.39 is 6.36 Å². The monoisotopic (exact) mass is 582 g/mol. The molecule has 1 atom stereocenters. The first-order valence-electron chi connectivity index (χ1n) is 13.3. The molecule has 1 heterocycles. The molecule has 4 rings (SSSR count). The van der Waals surface area contributed by atoms with Crippen LogP contribution in [0, 0.1) is 19.8 Å². The fourth-order valence-corrected chi connectivity index (χ4v) is 5.53. The van der Waals surface area contributed by atoms with E-state index in [4.69, 9.17) is 5.73 Å². The Morgan fingerprint density at radius 3 is 2.49 bits per heavy atom. The second kappa shape index (κ2) is 13.7. The Balaban J connectivity index is 1.41. The molecular formula is C30H33F3N6OS. The number of nitrogens with two attached hydrogens (primary N) is 1. The summed E-state index contributed by atoms with van der Waals surface area (Å²) in [5.41, 5.74) is 11.9. The third kappa shape index (κ3) is 8.56. The van der Waals surface area contributed by atoms with Crippen LogP contribution in [0.3, 0.4) is 0 Å². The van der Waals surface area contributed by atoms with E-state index >= 15 is 0 Å². The molecule has 2 N–H and O–H groups in total. The average molecular weight is 583 g/mol. The van der Waals surface area contributed by atoms with E-state index in [1.807, 2.05) is 24.3 Å². The summed E-state index contributed by atoms with van der Waals surface area (Å²) in [6.45, 7) is 6.92. The molecule has 11 heteroatoms. The molecule has 2 aromatic carbocycles. The zero-order valence-corrected chi connectivity index (χ0v) is 24.0. The summed E-state index contributed by atoms with van der Waals surface area (Å²) in [6, 6.07) is 13.7. The molecule has 1 unspecified atom stereocenters. The molecule has 41 heavy (non-hydrogen) atoms. The lowest BCUT2D eigenvalue weighted by atomic mass is 9.98. The second-order valence-corrected chi connectivity index (χ2v) is 10.9. The first kappa shape index (κ1) is 30.1. The molecular weight excluding hydrogens is 549 g/mol. The number of aryl methyl sites for hydroxylation is 2. The van der Waals surface area contributed by atoms with Crippen molar-refractivity contribution >= 4 is 41.0 Å². The maximum absolute atomic E-state index is 12.4. The SMILES string of the molecule is Cc1cccc(C)c1N1CCCCS/C1=N\N=C\c1ccc(C(N)=NC=NC2=CC=C(OC(F)(F)F)CC2C)cc1. The van der Waals surface area contributed by atoms with Gasteiger partial charge in [0.2, 0.25) is 0 Å². The number of hydrogen-bond donors (Lipinski definition) is 1. The number of allylic oxidation sites excluding steroid dienone is 4. The number of alkyl halides is 3. The van der Waals surface area contributed by atoms with Crippen LogP contribution >= 0.6 is 11.8 Å². The Hall–Kier alpha value is -3.86. The summed E-state index contributed by atoms with van der Waals surface area (Å²) in [6.07, 6.45) is 3.40. The van der Waals surface area contributed by atoms with Crippen molar-refractivity contribution in [3.63, 3.8) is 0 Å². The highest BCUT2D eigenvalue weighted by molar-refractivity contribution is 8.14. The standard InChI is InChI=1S/C30H33F3N6OS/c1-20-7-6-8-21(2)27(20)39-15-4-5-16-41-29(39)38-37-18-23-9-11-24(12-10-23)28(34)36-19-35-26-14-13-25(17-22(26)3)40-30(31,32)33/h6-14,18-19,22H,4-5,15-17H2,1-3H3,(H2,34,35,36)/b37-18+,38-29-. The van der Waals surface area contributed by atoms with E-state index in [2.05, 4.69) is 61.9 Å². The zero-order valence-electron chi connectivity index (χ0n) is 23.2. The number of halogens is 3. The topological polar surface area (TPSA) is 87.9 Å². The quantitative estimate of drug-likeness (QED) is 0.214. The van der Waals surface area contributed by atoms with Gasteiger partial charge in [0.15, 0.2) is 5.17 Å². The molecule has 1 saturated heterocycles. The van der Waals surface area contributed by atoms with Crippen LogP contribution in [-0.2, 0) is 4.74 Å². The van der Waals surface area contributed by atoms with Gasteiger partial charge in [-0.25, -0.2) is 9.98 Å². The first-order valence-corrected chi connectivity index (χ1v) is 14.3. The molecule has 0 bridgehead atoms. The van der Waals surface area contributed by atoms with Crippen LogP contribution in [0.25, 0.3) is 0 Å². The van der Waals surface area contributed by atoms with Crippen LogP contribution in [0.1, 0.15) is 48.4 Å². The van der Waals surface area contributed by atoms with Crippen molar-refractivity contribution in [2.45, 2.75) is 46.4 Å². The van der Waals surface area contributed by atoms with Crippen molar-refractivity contribution in [2.75, 3.05) is 17.2 Å². The Bertz CT molecular complexity index is 1390. The minimum atomic E-state index is -4.70. The second-order valence-electron chi connectivity index (χ2n) is 9.83. The molecule has 2 aromatic rings. The highest BCUT2D eigenvalue weighted by Gasteiger charge is 2.33. The van der Waals surface area contributed by atoms with Gasteiger partial charge in [-0.15, -0.1) is 18.3 Å². The Morgan fingerprint density at radius 1 is 1.07 bits per heavy atom. The molecule has 216 valence electrons. The van der Waals surface area contributed by atoms with Gasteiger partial charge < -0.3 is 15.4 Å². The lowest BCUT2D eigenvalue weighted by Gasteiger charge is -2.26. The Morgan fingerprint density at radius 2 is 1.80 bits per heavy atom. The van der Waals surface area contributed by atoms with Crippen LogP contribution < -0.4 is 10.6 Å². The summed E-state index contributed by atoms with van der Waals surface area (Å²) < 4.78 is 41.3. The molecule has 0 aromatic heterocycles. The van der Waals surface area contributed by atoms with Crippen molar-refractivity contribution in [1.29, 1.82) is 0 Å². The number of hydrogen-bond acceptors (Lipinski definition) is 5. The van der Waals surface area contributed by atoms with Gasteiger partial charge in [0.1, 0.15) is 17.9 Å². The number of para-hydroxylation sites is 1. The third-order valence-corrected chi connectivity index (χ3v) is 7.66. The van der Waals surface area contributed by atoms with Gasteiger partial charge in [0, 0.05) is 41.6 Å². The van der Waals surface area contributed by atoms with Crippen molar-refractivity contribution in [1.82, 2.24) is 0 Å². The number of thioether (sulfide) groups is 1. The van der Waals surface area contributed by atoms with Crippen molar-refractivity contribution in [3.05, 3.63) is 88.3 Å². The predicted molar refractivity (Wildman–Crippen MR) is 163 cm³/mol. The number of rotatable bonds is 7. The maximum Gasteiger partial charge on any atom is 0.572 e. The Labute approximate surface area is 242 Å². The molecule has 1 fully saturated rings. The largest absolute Gasteiger partial charge is 0.572 e. The molecule has 0 radical (unpaired) electrons. The molecule has 1 aliphatic carbocycles. The molecule has 2 aliphatic rings. The van der Waals surface area contributed by atoms with Gasteiger partial charge in [0.05, 0.1) is 6.21 Å². The van der Waals surface area contributed by atoms with Gasteiger partial charge in [-0.2, -0.15) is 5.10 Å². The van der Waals surface area contributed by atoms with Crippen LogP contribution in [0.15, 0.2) is 86.3 Å². The van der Waals surface area contributed by atoms with Crippen LogP contribution in [0.5, 0.6) is 0 Å². The molecule has 0 spiro atoms. The smallest absolute Gasteiger partial charge is 0.410 e. The van der Waals surface area contributed by atoms with E-state index in [1.54, 1.807) is 24.9 Å².